The van der Waals surface area contributed by atoms with Crippen molar-refractivity contribution >= 4 is 11.7 Å². The number of aromatic nitrogens is 4. The quantitative estimate of drug-likeness (QED) is 0.701. The molecule has 0 unspecified atom stereocenters. The van der Waals surface area contributed by atoms with Gasteiger partial charge in [-0.2, -0.15) is 5.10 Å². The first kappa shape index (κ1) is 12.0. The number of carbonyl (C=O) groups is 1. The van der Waals surface area contributed by atoms with Gasteiger partial charge in [0.1, 0.15) is 18.0 Å². The number of aromatic amines is 1. The van der Waals surface area contributed by atoms with Crippen molar-refractivity contribution in [1.29, 1.82) is 0 Å². The van der Waals surface area contributed by atoms with Crippen LogP contribution in [0.15, 0.2) is 24.7 Å². The largest absolute Gasteiger partial charge is 0.372 e. The van der Waals surface area contributed by atoms with Crippen molar-refractivity contribution in [3.05, 3.63) is 36.0 Å². The third kappa shape index (κ3) is 2.82. The highest BCUT2D eigenvalue weighted by molar-refractivity contribution is 5.98. The number of hydrogen-bond donors (Lipinski definition) is 3. The molecule has 3 N–H and O–H groups in total. The number of amides is 1. The predicted molar refractivity (Wildman–Crippen MR) is 66.2 cm³/mol. The number of nitrogens with one attached hydrogen (secondary N) is 3. The van der Waals surface area contributed by atoms with Crippen molar-refractivity contribution in [1.82, 2.24) is 25.5 Å². The van der Waals surface area contributed by atoms with Crippen molar-refractivity contribution in [2.75, 3.05) is 18.9 Å². The van der Waals surface area contributed by atoms with Gasteiger partial charge in [0.25, 0.3) is 5.91 Å². The van der Waals surface area contributed by atoms with Crippen molar-refractivity contribution in [2.45, 2.75) is 6.42 Å². The van der Waals surface area contributed by atoms with Gasteiger partial charge in [0, 0.05) is 26.2 Å². The Labute approximate surface area is 104 Å². The van der Waals surface area contributed by atoms with Crippen LogP contribution in [0.1, 0.15) is 16.2 Å². The molecule has 0 aliphatic rings. The van der Waals surface area contributed by atoms with Crippen molar-refractivity contribution in [3.63, 3.8) is 0 Å². The van der Waals surface area contributed by atoms with Crippen LogP contribution < -0.4 is 10.6 Å². The Morgan fingerprint density at radius 3 is 3.06 bits per heavy atom. The average Bonchev–Trinajstić information content (AvgIpc) is 2.91. The summed E-state index contributed by atoms with van der Waals surface area (Å²) in [5.41, 5.74) is 0.526. The molecule has 0 fully saturated rings. The lowest BCUT2D eigenvalue weighted by Crippen LogP contribution is -2.26. The predicted octanol–water partition coefficient (Wildman–Crippen LogP) is 0.214. The molecule has 2 aromatic rings. The molecule has 0 aliphatic carbocycles. The minimum absolute atomic E-state index is 0.160. The first-order valence-corrected chi connectivity index (χ1v) is 5.56. The van der Waals surface area contributed by atoms with E-state index in [0.29, 0.717) is 24.3 Å². The minimum Gasteiger partial charge on any atom is -0.372 e. The SMILES string of the molecule is CNc1ncccc1C(=O)NCCc1ncn[nH]1. The lowest BCUT2D eigenvalue weighted by Gasteiger charge is -2.07. The number of carbonyl (C=O) groups excluding carboxylic acids is 1. The molecular formula is C11H14N6O. The summed E-state index contributed by atoms with van der Waals surface area (Å²) in [7, 11) is 1.73. The molecule has 2 aromatic heterocycles. The average molecular weight is 246 g/mol. The summed E-state index contributed by atoms with van der Waals surface area (Å²) in [5, 5.41) is 12.2. The summed E-state index contributed by atoms with van der Waals surface area (Å²) in [6.45, 7) is 0.492. The minimum atomic E-state index is -0.160. The van der Waals surface area contributed by atoms with Crippen LogP contribution in [0.25, 0.3) is 0 Å². The van der Waals surface area contributed by atoms with Crippen LogP contribution >= 0.6 is 0 Å². The molecule has 2 heterocycles. The van der Waals surface area contributed by atoms with Crippen molar-refractivity contribution in [3.8, 4) is 0 Å². The van der Waals surface area contributed by atoms with E-state index in [-0.39, 0.29) is 5.91 Å². The molecule has 0 atom stereocenters. The Balaban J connectivity index is 1.91. The highest BCUT2D eigenvalue weighted by Crippen LogP contribution is 2.09. The molecule has 0 saturated heterocycles. The van der Waals surface area contributed by atoms with E-state index in [1.807, 2.05) is 0 Å². The van der Waals surface area contributed by atoms with E-state index in [2.05, 4.69) is 30.8 Å². The first-order valence-electron chi connectivity index (χ1n) is 5.56. The van der Waals surface area contributed by atoms with Gasteiger partial charge in [-0.25, -0.2) is 9.97 Å². The second-order valence-electron chi connectivity index (χ2n) is 3.59. The second-order valence-corrected chi connectivity index (χ2v) is 3.59. The Morgan fingerprint density at radius 1 is 1.44 bits per heavy atom. The monoisotopic (exact) mass is 246 g/mol. The van der Waals surface area contributed by atoms with Crippen LogP contribution in [0.5, 0.6) is 0 Å². The van der Waals surface area contributed by atoms with Gasteiger partial charge in [0.05, 0.1) is 5.56 Å². The van der Waals surface area contributed by atoms with E-state index < -0.39 is 0 Å². The Kier molecular flexibility index (Phi) is 3.85. The highest BCUT2D eigenvalue weighted by atomic mass is 16.1. The molecule has 0 aromatic carbocycles. The number of pyridine rings is 1. The molecule has 0 aliphatic heterocycles. The van der Waals surface area contributed by atoms with Gasteiger partial charge in [-0.15, -0.1) is 0 Å². The first-order chi connectivity index (χ1) is 8.81. The molecule has 2 rings (SSSR count). The van der Waals surface area contributed by atoms with Gasteiger partial charge in [0.15, 0.2) is 0 Å². The number of nitrogens with zero attached hydrogens (tertiary/aromatic N) is 3. The van der Waals surface area contributed by atoms with Crippen LogP contribution in [0.2, 0.25) is 0 Å². The normalized spacial score (nSPS) is 10.1. The number of H-pyrrole nitrogens is 1. The summed E-state index contributed by atoms with van der Waals surface area (Å²) in [5.74, 6) is 1.15. The third-order valence-electron chi connectivity index (χ3n) is 2.40. The van der Waals surface area contributed by atoms with Gasteiger partial charge in [-0.05, 0) is 12.1 Å². The van der Waals surface area contributed by atoms with Gasteiger partial charge in [-0.1, -0.05) is 0 Å². The summed E-state index contributed by atoms with van der Waals surface area (Å²) < 4.78 is 0. The number of anilines is 1. The highest BCUT2D eigenvalue weighted by Gasteiger charge is 2.10. The number of hydrogen-bond acceptors (Lipinski definition) is 5. The van der Waals surface area contributed by atoms with Gasteiger partial charge >= 0.3 is 0 Å². The van der Waals surface area contributed by atoms with Gasteiger partial charge < -0.3 is 10.6 Å². The van der Waals surface area contributed by atoms with E-state index >= 15 is 0 Å². The standard InChI is InChI=1S/C11H14N6O/c1-12-10-8(3-2-5-13-10)11(18)14-6-4-9-15-7-16-17-9/h2-3,5,7H,4,6H2,1H3,(H,12,13)(H,14,18)(H,15,16,17). The maximum Gasteiger partial charge on any atom is 0.255 e. The molecule has 0 spiro atoms. The molecule has 7 nitrogen and oxygen atoms in total. The van der Waals surface area contributed by atoms with E-state index in [0.717, 1.165) is 5.82 Å². The zero-order valence-corrected chi connectivity index (χ0v) is 9.97. The molecule has 1 amide bonds. The fourth-order valence-corrected chi connectivity index (χ4v) is 1.53. The molecule has 7 heteroatoms. The van der Waals surface area contributed by atoms with Crippen molar-refractivity contribution < 1.29 is 4.79 Å². The zero-order chi connectivity index (χ0) is 12.8. The lowest BCUT2D eigenvalue weighted by atomic mass is 10.2. The fraction of sp³-hybridized carbons (Fsp3) is 0.273. The van der Waals surface area contributed by atoms with Crippen LogP contribution in [0, 0.1) is 0 Å². The maximum atomic E-state index is 11.9. The van der Waals surface area contributed by atoms with Crippen LogP contribution in [0.4, 0.5) is 5.82 Å². The van der Waals surface area contributed by atoms with Gasteiger partial charge in [0.2, 0.25) is 0 Å². The summed E-state index contributed by atoms with van der Waals surface area (Å²) in [4.78, 5) is 20.0. The molecule has 0 radical (unpaired) electrons. The van der Waals surface area contributed by atoms with E-state index in [9.17, 15) is 4.79 Å². The molecule has 18 heavy (non-hydrogen) atoms. The maximum absolute atomic E-state index is 11.9. The lowest BCUT2D eigenvalue weighted by molar-refractivity contribution is 0.0954. The second kappa shape index (κ2) is 5.76. The third-order valence-corrected chi connectivity index (χ3v) is 2.40. The molecule has 0 bridgehead atoms. The Bertz CT molecular complexity index is 510. The summed E-state index contributed by atoms with van der Waals surface area (Å²) in [6, 6.07) is 3.45. The topological polar surface area (TPSA) is 95.6 Å². The Morgan fingerprint density at radius 2 is 2.33 bits per heavy atom. The summed E-state index contributed by atoms with van der Waals surface area (Å²) in [6.07, 6.45) is 3.69. The summed E-state index contributed by atoms with van der Waals surface area (Å²) >= 11 is 0. The van der Waals surface area contributed by atoms with E-state index in [4.69, 9.17) is 0 Å². The molecular weight excluding hydrogens is 232 g/mol. The molecule has 94 valence electrons. The van der Waals surface area contributed by atoms with E-state index in [1.54, 1.807) is 25.4 Å². The number of rotatable bonds is 5. The zero-order valence-electron chi connectivity index (χ0n) is 9.97. The van der Waals surface area contributed by atoms with Crippen LogP contribution in [-0.2, 0) is 6.42 Å². The van der Waals surface area contributed by atoms with Crippen LogP contribution in [0.3, 0.4) is 0 Å². The smallest absolute Gasteiger partial charge is 0.255 e. The van der Waals surface area contributed by atoms with E-state index in [1.165, 1.54) is 6.33 Å². The fourth-order valence-electron chi connectivity index (χ4n) is 1.53. The van der Waals surface area contributed by atoms with Crippen LogP contribution in [-0.4, -0.2) is 39.7 Å². The Hall–Kier alpha value is -2.44. The molecule has 0 saturated carbocycles. The van der Waals surface area contributed by atoms with Crippen molar-refractivity contribution in [2.24, 2.45) is 0 Å². The van der Waals surface area contributed by atoms with Gasteiger partial charge in [-0.3, -0.25) is 9.89 Å².